The zero-order chi connectivity index (χ0) is 21.1. The van der Waals surface area contributed by atoms with E-state index in [-0.39, 0.29) is 48.1 Å². The van der Waals surface area contributed by atoms with E-state index >= 15 is 0 Å². The van der Waals surface area contributed by atoms with Gasteiger partial charge < -0.3 is 4.98 Å². The topological polar surface area (TPSA) is 137 Å². The summed E-state index contributed by atoms with van der Waals surface area (Å²) in [5.41, 5.74) is 0.255. The number of carboxylic acid groups (broad SMARTS) is 1. The third-order valence-electron chi connectivity index (χ3n) is 4.69. The van der Waals surface area contributed by atoms with Crippen LogP contribution in [0.3, 0.4) is 0 Å². The number of H-pyrrole nitrogens is 1. The molecule has 0 aliphatic carbocycles. The van der Waals surface area contributed by atoms with Gasteiger partial charge in [-0.1, -0.05) is 0 Å². The molecule has 3 N–H and O–H groups in total. The number of ether oxygens (including phenoxy) is 1. The van der Waals surface area contributed by atoms with Crippen LogP contribution in [0.1, 0.15) is 32.0 Å². The minimum absolute atomic E-state index is 0.0184. The first-order chi connectivity index (χ1) is 13.8. The Hall–Kier alpha value is -3.43. The zero-order valence-electron chi connectivity index (χ0n) is 15.7. The van der Waals surface area contributed by atoms with Crippen LogP contribution in [-0.2, 0) is 11.1 Å². The summed E-state index contributed by atoms with van der Waals surface area (Å²) in [6.07, 6.45) is 1.27. The fourth-order valence-corrected chi connectivity index (χ4v) is 3.11. The van der Waals surface area contributed by atoms with E-state index in [1.807, 2.05) is 0 Å². The van der Waals surface area contributed by atoms with E-state index in [2.05, 4.69) is 4.98 Å². The Bertz CT molecular complexity index is 1030. The molecule has 0 saturated carbocycles. The maximum atomic E-state index is 12.4. The van der Waals surface area contributed by atoms with Crippen molar-refractivity contribution in [2.24, 2.45) is 0 Å². The number of nitrogens with one attached hydrogen (secondary N) is 1. The van der Waals surface area contributed by atoms with Crippen LogP contribution in [0.25, 0.3) is 0 Å². The van der Waals surface area contributed by atoms with Crippen LogP contribution in [0.4, 0.5) is 0 Å². The van der Waals surface area contributed by atoms with E-state index in [9.17, 15) is 29.3 Å². The number of benzene rings is 1. The van der Waals surface area contributed by atoms with Gasteiger partial charge in [0.05, 0.1) is 0 Å². The summed E-state index contributed by atoms with van der Waals surface area (Å²) in [4.78, 5) is 40.2. The van der Waals surface area contributed by atoms with E-state index in [4.69, 9.17) is 4.74 Å². The first kappa shape index (κ1) is 20.3. The number of hydrogen-bond donors (Lipinski definition) is 3. The Balaban J connectivity index is 1.70. The smallest absolute Gasteiger partial charge is 0.0175 e. The van der Waals surface area contributed by atoms with Gasteiger partial charge in [0.25, 0.3) is 0 Å². The fourth-order valence-electron chi connectivity index (χ4n) is 3.11. The number of pyridine rings is 1. The SMILES string of the molecule is Cc1cc(=O)c(C(=O)N2CC(Oc3ccc(CCB=O)c(O)c3C(=O)O)C2)c[nH]1. The van der Waals surface area contributed by atoms with Crippen molar-refractivity contribution in [1.29, 1.82) is 0 Å². The molecular formula is C19H19BN2O7. The molecule has 0 spiro atoms. The first-order valence-electron chi connectivity index (χ1n) is 8.98. The monoisotopic (exact) mass is 398 g/mol. The number of carboxylic acids is 1. The summed E-state index contributed by atoms with van der Waals surface area (Å²) in [5.74, 6) is -2.24. The number of aromatic hydroxyl groups is 1. The van der Waals surface area contributed by atoms with Gasteiger partial charge in [0.15, 0.2) is 5.43 Å². The van der Waals surface area contributed by atoms with Crippen molar-refractivity contribution >= 4 is 19.0 Å². The van der Waals surface area contributed by atoms with E-state index in [1.165, 1.54) is 29.3 Å². The Morgan fingerprint density at radius 3 is 2.69 bits per heavy atom. The Morgan fingerprint density at radius 1 is 1.34 bits per heavy atom. The summed E-state index contributed by atoms with van der Waals surface area (Å²) >= 11 is 0. The van der Waals surface area contributed by atoms with Crippen molar-refractivity contribution in [3.63, 3.8) is 0 Å². The number of aromatic carboxylic acids is 1. The van der Waals surface area contributed by atoms with E-state index in [1.54, 1.807) is 6.92 Å². The average Bonchev–Trinajstić information content (AvgIpc) is 2.62. The molecule has 1 aliphatic rings. The largest absolute Gasteiger partial charge is 0.364 e. The molecule has 1 amide bonds. The van der Waals surface area contributed by atoms with E-state index in [0.717, 1.165) is 0 Å². The second-order valence-corrected chi connectivity index (χ2v) is 6.80. The normalized spacial score (nSPS) is 13.5. The molecule has 10 heteroatoms. The van der Waals surface area contributed by atoms with Crippen molar-refractivity contribution in [2.75, 3.05) is 13.1 Å². The summed E-state index contributed by atoms with van der Waals surface area (Å²) in [6, 6.07) is 4.28. The van der Waals surface area contributed by atoms with Gasteiger partial charge in [-0.15, -0.1) is 0 Å². The standard InChI is InChI=1S/C19H19BN2O7/c1-10-6-14(23)13(7-21-10)18(25)22-8-12(9-22)29-15-3-2-11(4-5-20-28)17(24)16(15)19(26)27/h2-3,6-7,12,24H,4-5,8-9H2,1H3,(H,21,23)(H,26,27). The minimum atomic E-state index is -1.36. The van der Waals surface area contributed by atoms with Crippen LogP contribution in [0.5, 0.6) is 11.5 Å². The summed E-state index contributed by atoms with van der Waals surface area (Å²) in [6.45, 7) is 2.07. The van der Waals surface area contributed by atoms with Gasteiger partial charge in [-0.05, 0) is 6.92 Å². The van der Waals surface area contributed by atoms with E-state index < -0.39 is 23.7 Å². The number of carbonyl (C=O) groups is 2. The molecule has 1 fully saturated rings. The van der Waals surface area contributed by atoms with Crippen molar-refractivity contribution in [3.05, 3.63) is 57.0 Å². The number of aromatic amines is 1. The van der Waals surface area contributed by atoms with E-state index in [0.29, 0.717) is 18.4 Å². The Kier molecular flexibility index (Phi) is 5.81. The molecule has 9 nitrogen and oxygen atoms in total. The number of hydrogen-bond acceptors (Lipinski definition) is 6. The number of aryl methyl sites for hydroxylation is 2. The number of aromatic nitrogens is 1. The molecule has 0 radical (unpaired) electrons. The molecule has 150 valence electrons. The van der Waals surface area contributed by atoms with Crippen LogP contribution in [-0.4, -0.2) is 58.3 Å². The second kappa shape index (κ2) is 8.30. The third kappa shape index (κ3) is 4.20. The predicted octanol–water partition coefficient (Wildman–Crippen LogP) is 1.00. The van der Waals surface area contributed by atoms with Crippen molar-refractivity contribution in [3.8, 4) is 11.5 Å². The summed E-state index contributed by atoms with van der Waals surface area (Å²) < 4.78 is 16.2. The van der Waals surface area contributed by atoms with Gasteiger partial charge in [-0.25, -0.2) is 0 Å². The van der Waals surface area contributed by atoms with Crippen LogP contribution < -0.4 is 10.2 Å². The van der Waals surface area contributed by atoms with Crippen molar-refractivity contribution < 1.29 is 29.2 Å². The van der Waals surface area contributed by atoms with Gasteiger partial charge in [0.2, 0.25) is 0 Å². The molecule has 29 heavy (non-hydrogen) atoms. The fraction of sp³-hybridized carbons (Fsp3) is 0.316. The number of amides is 1. The molecule has 1 saturated heterocycles. The number of likely N-dealkylation sites (tertiary alicyclic amines) is 1. The zero-order valence-corrected chi connectivity index (χ0v) is 15.7. The molecular weight excluding hydrogens is 379 g/mol. The van der Waals surface area contributed by atoms with Crippen molar-refractivity contribution in [1.82, 2.24) is 9.88 Å². The molecule has 3 rings (SSSR count). The van der Waals surface area contributed by atoms with Crippen LogP contribution in [0.2, 0.25) is 6.32 Å². The van der Waals surface area contributed by atoms with Crippen LogP contribution in [0, 0.1) is 6.92 Å². The molecule has 0 unspecified atom stereocenters. The maximum absolute atomic E-state index is 12.4. The van der Waals surface area contributed by atoms with Gasteiger partial charge >= 0.3 is 125 Å². The van der Waals surface area contributed by atoms with Gasteiger partial charge in [0.1, 0.15) is 0 Å². The van der Waals surface area contributed by atoms with Crippen LogP contribution >= 0.6 is 0 Å². The summed E-state index contributed by atoms with van der Waals surface area (Å²) in [5, 5.41) is 19.7. The Labute approximate surface area is 166 Å². The molecule has 0 atom stereocenters. The number of rotatable bonds is 7. The molecule has 1 aliphatic heterocycles. The van der Waals surface area contributed by atoms with Gasteiger partial charge in [0, 0.05) is 18.0 Å². The first-order valence-corrected chi connectivity index (χ1v) is 8.98. The molecule has 1 aromatic carbocycles. The molecule has 2 heterocycles. The third-order valence-corrected chi connectivity index (χ3v) is 4.69. The molecule has 1 aromatic heterocycles. The van der Waals surface area contributed by atoms with Gasteiger partial charge in [-0.3, -0.25) is 4.79 Å². The molecule has 2 aromatic rings. The summed E-state index contributed by atoms with van der Waals surface area (Å²) in [7, 11) is 0.684. The minimum Gasteiger partial charge on any atom is -0.364 e. The predicted molar refractivity (Wildman–Crippen MR) is 102 cm³/mol. The van der Waals surface area contributed by atoms with Crippen molar-refractivity contribution in [2.45, 2.75) is 25.8 Å². The number of carbonyl (C=O) groups excluding carboxylic acids is 1. The Morgan fingerprint density at radius 2 is 2.07 bits per heavy atom. The number of nitrogens with zero attached hydrogens (tertiary/aromatic N) is 1. The average molecular weight is 398 g/mol. The van der Waals surface area contributed by atoms with Gasteiger partial charge in [-0.2, -0.15) is 0 Å². The quantitative estimate of drug-likeness (QED) is 0.592. The van der Waals surface area contributed by atoms with Crippen LogP contribution in [0.15, 0.2) is 29.2 Å². The number of phenols is 1. The molecule has 0 bridgehead atoms. The second-order valence-electron chi connectivity index (χ2n) is 6.80. The maximum Gasteiger partial charge on any atom is 0.0175 e.